The molecule has 1 aromatic rings. The fourth-order valence-electron chi connectivity index (χ4n) is 2.19. The van der Waals surface area contributed by atoms with Crippen LogP contribution in [0.4, 0.5) is 0 Å². The summed E-state index contributed by atoms with van der Waals surface area (Å²) in [5, 5.41) is 0. The van der Waals surface area contributed by atoms with Crippen LogP contribution < -0.4 is 0 Å². The first kappa shape index (κ1) is 19.7. The van der Waals surface area contributed by atoms with Gasteiger partial charge in [0.1, 0.15) is 8.07 Å². The zero-order chi connectivity index (χ0) is 17.1. The fourth-order valence-corrected chi connectivity index (χ4v) is 2.80. The lowest BCUT2D eigenvalue weighted by Gasteiger charge is -2.19. The van der Waals surface area contributed by atoms with Crippen LogP contribution in [-0.2, 0) is 11.3 Å². The lowest BCUT2D eigenvalue weighted by molar-refractivity contribution is 0.137. The second-order valence-corrected chi connectivity index (χ2v) is 11.6. The number of hydrogen-bond donors (Lipinski definition) is 0. The maximum absolute atomic E-state index is 5.40. The summed E-state index contributed by atoms with van der Waals surface area (Å²) in [6, 6.07) is 10.6. The van der Waals surface area contributed by atoms with Gasteiger partial charge in [-0.15, -0.1) is 5.54 Å². The lowest BCUT2D eigenvalue weighted by atomic mass is 10.2. The molecule has 0 N–H and O–H groups in total. The van der Waals surface area contributed by atoms with E-state index >= 15 is 0 Å². The van der Waals surface area contributed by atoms with E-state index in [-0.39, 0.29) is 6.10 Å². The van der Waals surface area contributed by atoms with Crippen LogP contribution in [0, 0.1) is 11.5 Å². The topological polar surface area (TPSA) is 12.5 Å². The van der Waals surface area contributed by atoms with E-state index in [1.54, 1.807) is 7.11 Å². The molecule has 0 aromatic heterocycles. The third kappa shape index (κ3) is 9.40. The molecule has 0 radical (unpaired) electrons. The Morgan fingerprint density at radius 1 is 1.22 bits per heavy atom. The Labute approximate surface area is 143 Å². The van der Waals surface area contributed by atoms with Crippen molar-refractivity contribution >= 4 is 8.07 Å². The second kappa shape index (κ2) is 10.4. The normalized spacial score (nSPS) is 13.1. The van der Waals surface area contributed by atoms with Crippen LogP contribution in [-0.4, -0.2) is 39.3 Å². The summed E-state index contributed by atoms with van der Waals surface area (Å²) in [6.45, 7) is 11.6. The maximum atomic E-state index is 5.40. The summed E-state index contributed by atoms with van der Waals surface area (Å²) in [5.41, 5.74) is 4.79. The molecule has 0 saturated heterocycles. The number of benzene rings is 1. The molecule has 1 rings (SSSR count). The van der Waals surface area contributed by atoms with Gasteiger partial charge >= 0.3 is 0 Å². The molecule has 126 valence electrons. The molecule has 0 aliphatic carbocycles. The fraction of sp³-hybridized carbons (Fsp3) is 0.500. The third-order valence-electron chi connectivity index (χ3n) is 3.43. The highest BCUT2D eigenvalue weighted by molar-refractivity contribution is 6.83. The van der Waals surface area contributed by atoms with Crippen LogP contribution >= 0.6 is 0 Å². The molecule has 0 spiro atoms. The van der Waals surface area contributed by atoms with Gasteiger partial charge in [0.05, 0.1) is 12.6 Å². The zero-order valence-electron chi connectivity index (χ0n) is 15.3. The Hall–Kier alpha value is -1.34. The predicted octanol–water partition coefficient (Wildman–Crippen LogP) is 4.35. The largest absolute Gasteiger partial charge is 0.377 e. The van der Waals surface area contributed by atoms with E-state index in [1.807, 2.05) is 0 Å². The van der Waals surface area contributed by atoms with E-state index in [0.717, 1.165) is 26.1 Å². The summed E-state index contributed by atoms with van der Waals surface area (Å²) >= 11 is 0. The molecular formula is C20H31NOSi. The van der Waals surface area contributed by atoms with Crippen LogP contribution in [0.2, 0.25) is 19.6 Å². The van der Waals surface area contributed by atoms with Gasteiger partial charge in [-0.05, 0) is 12.0 Å². The van der Waals surface area contributed by atoms with E-state index in [1.165, 1.54) is 5.56 Å². The molecule has 23 heavy (non-hydrogen) atoms. The minimum Gasteiger partial charge on any atom is -0.377 e. The average molecular weight is 330 g/mol. The maximum Gasteiger partial charge on any atom is 0.129 e. The Bertz CT molecular complexity index is 518. The number of hydrogen-bond acceptors (Lipinski definition) is 2. The smallest absolute Gasteiger partial charge is 0.129 e. The predicted molar refractivity (Wildman–Crippen MR) is 103 cm³/mol. The van der Waals surface area contributed by atoms with E-state index in [4.69, 9.17) is 4.74 Å². The van der Waals surface area contributed by atoms with Gasteiger partial charge in [-0.1, -0.05) is 75.0 Å². The van der Waals surface area contributed by atoms with Gasteiger partial charge in [-0.25, -0.2) is 0 Å². The number of ether oxygens (including phenoxy) is 1. The van der Waals surface area contributed by atoms with Gasteiger partial charge in [0, 0.05) is 20.2 Å². The van der Waals surface area contributed by atoms with Crippen molar-refractivity contribution in [2.24, 2.45) is 0 Å². The highest BCUT2D eigenvalue weighted by Gasteiger charge is 2.08. The molecule has 0 bridgehead atoms. The quantitative estimate of drug-likeness (QED) is 0.399. The van der Waals surface area contributed by atoms with Crippen molar-refractivity contribution in [3.63, 3.8) is 0 Å². The van der Waals surface area contributed by atoms with Gasteiger partial charge in [0.2, 0.25) is 0 Å². The zero-order valence-corrected chi connectivity index (χ0v) is 16.3. The average Bonchev–Trinajstić information content (AvgIpc) is 2.51. The van der Waals surface area contributed by atoms with Gasteiger partial charge in [0.15, 0.2) is 0 Å². The molecule has 2 nitrogen and oxygen atoms in total. The molecule has 0 aliphatic heterocycles. The monoisotopic (exact) mass is 329 g/mol. The van der Waals surface area contributed by atoms with E-state index in [0.29, 0.717) is 0 Å². The minimum absolute atomic E-state index is 0.210. The first-order valence-corrected chi connectivity index (χ1v) is 11.9. The van der Waals surface area contributed by atoms with Gasteiger partial charge in [0.25, 0.3) is 0 Å². The minimum atomic E-state index is -1.30. The molecule has 0 heterocycles. The van der Waals surface area contributed by atoms with Crippen LogP contribution in [0.1, 0.15) is 18.9 Å². The van der Waals surface area contributed by atoms with Crippen molar-refractivity contribution in [3.8, 4) is 11.5 Å². The molecule has 0 aliphatic rings. The first-order chi connectivity index (χ1) is 10.9. The SMILES string of the molecule is CC[C@@H](/C=C/CN(CC#C[Si](C)(C)C)Cc1ccccc1)OC. The lowest BCUT2D eigenvalue weighted by Crippen LogP contribution is -2.25. The molecule has 1 atom stereocenters. The van der Waals surface area contributed by atoms with Crippen molar-refractivity contribution in [3.05, 3.63) is 48.0 Å². The summed E-state index contributed by atoms with van der Waals surface area (Å²) in [6.07, 6.45) is 5.57. The van der Waals surface area contributed by atoms with E-state index in [2.05, 4.69) is 85.4 Å². The summed E-state index contributed by atoms with van der Waals surface area (Å²) < 4.78 is 5.40. The van der Waals surface area contributed by atoms with Crippen molar-refractivity contribution in [2.75, 3.05) is 20.2 Å². The molecule has 0 unspecified atom stereocenters. The number of nitrogens with zero attached hydrogens (tertiary/aromatic N) is 1. The Kier molecular flexibility index (Phi) is 8.94. The summed E-state index contributed by atoms with van der Waals surface area (Å²) in [4.78, 5) is 2.38. The van der Waals surface area contributed by atoms with Crippen LogP contribution in [0.25, 0.3) is 0 Å². The first-order valence-electron chi connectivity index (χ1n) is 8.40. The Morgan fingerprint density at radius 3 is 2.48 bits per heavy atom. The molecule has 0 saturated carbocycles. The van der Waals surface area contributed by atoms with Crippen molar-refractivity contribution in [2.45, 2.75) is 45.6 Å². The highest BCUT2D eigenvalue weighted by Crippen LogP contribution is 2.05. The van der Waals surface area contributed by atoms with Crippen LogP contribution in [0.15, 0.2) is 42.5 Å². The van der Waals surface area contributed by atoms with Crippen molar-refractivity contribution in [1.29, 1.82) is 0 Å². The summed E-state index contributed by atoms with van der Waals surface area (Å²) in [5.74, 6) is 3.38. The number of rotatable bonds is 8. The third-order valence-corrected chi connectivity index (χ3v) is 4.36. The molecule has 0 amide bonds. The summed E-state index contributed by atoms with van der Waals surface area (Å²) in [7, 11) is 0.461. The van der Waals surface area contributed by atoms with Gasteiger partial charge in [-0.2, -0.15) is 0 Å². The molecule has 1 aromatic carbocycles. The molecule has 0 fully saturated rings. The van der Waals surface area contributed by atoms with Crippen LogP contribution in [0.5, 0.6) is 0 Å². The Morgan fingerprint density at radius 2 is 1.91 bits per heavy atom. The van der Waals surface area contributed by atoms with E-state index in [9.17, 15) is 0 Å². The second-order valence-electron chi connectivity index (χ2n) is 6.82. The van der Waals surface area contributed by atoms with Gasteiger partial charge in [-0.3, -0.25) is 4.90 Å². The Balaban J connectivity index is 2.69. The van der Waals surface area contributed by atoms with Crippen molar-refractivity contribution in [1.82, 2.24) is 4.90 Å². The molecule has 3 heteroatoms. The van der Waals surface area contributed by atoms with E-state index < -0.39 is 8.07 Å². The van der Waals surface area contributed by atoms with Gasteiger partial charge < -0.3 is 4.74 Å². The standard InChI is InChI=1S/C20H31NOSi/c1-6-20(22-2)14-10-15-21(16-11-17-23(3,4)5)18-19-12-8-7-9-13-19/h7-10,12-14,20H,6,15-16,18H2,1-5H3/b14-10+/t20-/m0/s1. The molecular weight excluding hydrogens is 298 g/mol. The highest BCUT2D eigenvalue weighted by atomic mass is 28.3. The van der Waals surface area contributed by atoms with Crippen LogP contribution in [0.3, 0.4) is 0 Å². The van der Waals surface area contributed by atoms with Crippen molar-refractivity contribution < 1.29 is 4.74 Å². The number of methoxy groups -OCH3 is 1.